The van der Waals surface area contributed by atoms with Crippen LogP contribution in [0.4, 0.5) is 17.1 Å². The van der Waals surface area contributed by atoms with Crippen molar-refractivity contribution in [3.05, 3.63) is 119 Å². The Labute approximate surface area is 225 Å². The minimum absolute atomic E-state index is 0.00894. The van der Waals surface area contributed by atoms with Gasteiger partial charge in [0.1, 0.15) is 0 Å². The number of nitrogens with zero attached hydrogens (tertiary/aromatic N) is 1. The second kappa shape index (κ2) is 12.1. The Bertz CT molecular complexity index is 1290. The van der Waals surface area contributed by atoms with Gasteiger partial charge >= 0.3 is 0 Å². The lowest BCUT2D eigenvalue weighted by Crippen LogP contribution is -2.34. The van der Waals surface area contributed by atoms with E-state index in [0.29, 0.717) is 22.7 Å². The van der Waals surface area contributed by atoms with Gasteiger partial charge in [0.15, 0.2) is 0 Å². The van der Waals surface area contributed by atoms with Gasteiger partial charge in [-0.05, 0) is 73.2 Å². The highest BCUT2D eigenvalue weighted by Gasteiger charge is 2.26. The molecule has 0 aromatic heterocycles. The Morgan fingerprint density at radius 3 is 1.94 bits per heavy atom. The quantitative estimate of drug-likeness (QED) is 0.230. The van der Waals surface area contributed by atoms with Gasteiger partial charge in [-0.25, -0.2) is 0 Å². The average molecular weight is 535 g/mol. The number of para-hydroxylation sites is 2. The highest BCUT2D eigenvalue weighted by Crippen LogP contribution is 2.33. The van der Waals surface area contributed by atoms with E-state index in [1.807, 2.05) is 91.9 Å². The molecule has 36 heavy (non-hydrogen) atoms. The summed E-state index contributed by atoms with van der Waals surface area (Å²) in [6.07, 6.45) is 0.660. The summed E-state index contributed by atoms with van der Waals surface area (Å²) in [7, 11) is 0. The minimum Gasteiger partial charge on any atom is -0.322 e. The largest absolute Gasteiger partial charge is 0.322 e. The Hall–Kier alpha value is -3.25. The first-order valence-corrected chi connectivity index (χ1v) is 13.1. The summed E-state index contributed by atoms with van der Waals surface area (Å²) in [4.78, 5) is 29.0. The van der Waals surface area contributed by atoms with E-state index >= 15 is 0 Å². The van der Waals surface area contributed by atoms with Crippen molar-refractivity contribution >= 4 is 63.8 Å². The van der Waals surface area contributed by atoms with Crippen molar-refractivity contribution in [1.82, 2.24) is 0 Å². The van der Waals surface area contributed by atoms with Gasteiger partial charge in [-0.15, -0.1) is 11.8 Å². The van der Waals surface area contributed by atoms with Crippen LogP contribution in [0.3, 0.4) is 0 Å². The Morgan fingerprint density at radius 1 is 0.833 bits per heavy atom. The molecule has 0 saturated carbocycles. The number of rotatable bonds is 8. The van der Waals surface area contributed by atoms with E-state index in [1.165, 1.54) is 17.8 Å². The van der Waals surface area contributed by atoms with Crippen molar-refractivity contribution in [3.8, 4) is 0 Å². The number of amides is 2. The molecule has 0 radical (unpaired) electrons. The third-order valence-electron chi connectivity index (χ3n) is 5.46. The van der Waals surface area contributed by atoms with Crippen LogP contribution >= 0.6 is 35.0 Å². The number of nitrogens with one attached hydrogen (secondary N) is 1. The molecule has 0 aliphatic carbocycles. The molecule has 4 rings (SSSR count). The molecule has 4 aromatic carbocycles. The summed E-state index contributed by atoms with van der Waals surface area (Å²) < 4.78 is 0. The second-order valence-corrected chi connectivity index (χ2v) is 10.1. The summed E-state index contributed by atoms with van der Waals surface area (Å²) in [6.45, 7) is 2.01. The third-order valence-corrected chi connectivity index (χ3v) is 7.37. The SMILES string of the molecule is CCC(Sc1ccc(NC(=O)c2ccc(Cl)cc2Cl)cc1)C(=O)N(c1ccccc1)c1ccccc1. The smallest absolute Gasteiger partial charge is 0.257 e. The van der Waals surface area contributed by atoms with Gasteiger partial charge in [-0.2, -0.15) is 0 Å². The molecule has 0 aliphatic heterocycles. The monoisotopic (exact) mass is 534 g/mol. The van der Waals surface area contributed by atoms with Crippen LogP contribution in [0.5, 0.6) is 0 Å². The van der Waals surface area contributed by atoms with Gasteiger partial charge in [-0.1, -0.05) is 66.5 Å². The van der Waals surface area contributed by atoms with Crippen LogP contribution in [-0.2, 0) is 4.79 Å². The van der Waals surface area contributed by atoms with Gasteiger partial charge in [0.25, 0.3) is 5.91 Å². The van der Waals surface area contributed by atoms with E-state index in [-0.39, 0.29) is 22.1 Å². The Kier molecular flexibility index (Phi) is 8.70. The zero-order chi connectivity index (χ0) is 25.5. The standard InChI is InChI=1S/C29H24Cl2N2O2S/c1-2-27(29(35)33(22-9-5-3-6-10-22)23-11-7-4-8-12-23)36-24-16-14-21(15-17-24)32-28(34)25-18-13-20(30)19-26(25)31/h3-19,27H,2H2,1H3,(H,32,34). The molecule has 0 spiro atoms. The molecule has 4 nitrogen and oxygen atoms in total. The van der Waals surface area contributed by atoms with Crippen LogP contribution < -0.4 is 10.2 Å². The van der Waals surface area contributed by atoms with E-state index in [4.69, 9.17) is 23.2 Å². The first kappa shape index (κ1) is 25.8. The van der Waals surface area contributed by atoms with Crippen molar-refractivity contribution < 1.29 is 9.59 Å². The van der Waals surface area contributed by atoms with Crippen LogP contribution in [0, 0.1) is 0 Å². The molecule has 182 valence electrons. The molecule has 4 aromatic rings. The van der Waals surface area contributed by atoms with Gasteiger partial charge in [0.2, 0.25) is 5.91 Å². The molecule has 0 heterocycles. The fourth-order valence-corrected chi connectivity index (χ4v) is 5.15. The van der Waals surface area contributed by atoms with Crippen molar-refractivity contribution in [3.63, 3.8) is 0 Å². The predicted octanol–water partition coefficient (Wildman–Crippen LogP) is 8.48. The van der Waals surface area contributed by atoms with Crippen molar-refractivity contribution in [1.29, 1.82) is 0 Å². The molecular weight excluding hydrogens is 511 g/mol. The maximum Gasteiger partial charge on any atom is 0.257 e. The molecule has 0 bridgehead atoms. The van der Waals surface area contributed by atoms with E-state index in [1.54, 1.807) is 17.0 Å². The first-order valence-electron chi connectivity index (χ1n) is 11.4. The van der Waals surface area contributed by atoms with E-state index in [2.05, 4.69) is 5.32 Å². The maximum atomic E-state index is 13.7. The number of thioether (sulfide) groups is 1. The summed E-state index contributed by atoms with van der Waals surface area (Å²) in [5.74, 6) is -0.310. The van der Waals surface area contributed by atoms with Crippen LogP contribution in [0.2, 0.25) is 10.0 Å². The molecule has 1 unspecified atom stereocenters. The van der Waals surface area contributed by atoms with Gasteiger partial charge in [0, 0.05) is 27.0 Å². The minimum atomic E-state index is -0.319. The van der Waals surface area contributed by atoms with Crippen LogP contribution in [0.25, 0.3) is 0 Å². The first-order chi connectivity index (χ1) is 17.5. The number of anilines is 3. The van der Waals surface area contributed by atoms with Crippen molar-refractivity contribution in [2.24, 2.45) is 0 Å². The summed E-state index contributed by atoms with van der Waals surface area (Å²) in [5, 5.41) is 3.31. The zero-order valence-corrected chi connectivity index (χ0v) is 21.9. The molecule has 0 saturated heterocycles. The third kappa shape index (κ3) is 6.30. The van der Waals surface area contributed by atoms with Gasteiger partial charge in [0.05, 0.1) is 15.8 Å². The normalized spacial score (nSPS) is 11.5. The summed E-state index contributed by atoms with van der Waals surface area (Å²) in [6, 6.07) is 31.5. The maximum absolute atomic E-state index is 13.7. The van der Waals surface area contributed by atoms with E-state index in [0.717, 1.165) is 16.3 Å². The highest BCUT2D eigenvalue weighted by molar-refractivity contribution is 8.00. The summed E-state index contributed by atoms with van der Waals surface area (Å²) in [5.41, 5.74) is 2.63. The molecule has 0 aliphatic rings. The van der Waals surface area contributed by atoms with Crippen LogP contribution in [0.1, 0.15) is 23.7 Å². The molecular formula is C29H24Cl2N2O2S. The molecule has 1 N–H and O–H groups in total. The van der Waals surface area contributed by atoms with Crippen LogP contribution in [-0.4, -0.2) is 17.1 Å². The fourth-order valence-electron chi connectivity index (χ4n) is 3.66. The van der Waals surface area contributed by atoms with Gasteiger partial charge < -0.3 is 5.32 Å². The molecule has 7 heteroatoms. The lowest BCUT2D eigenvalue weighted by Gasteiger charge is -2.27. The average Bonchev–Trinajstić information content (AvgIpc) is 2.89. The number of hydrogen-bond acceptors (Lipinski definition) is 3. The van der Waals surface area contributed by atoms with Gasteiger partial charge in [-0.3, -0.25) is 14.5 Å². The number of hydrogen-bond donors (Lipinski definition) is 1. The van der Waals surface area contributed by atoms with E-state index < -0.39 is 0 Å². The number of carbonyl (C=O) groups excluding carboxylic acids is 2. The Morgan fingerprint density at radius 2 is 1.42 bits per heavy atom. The fraction of sp³-hybridized carbons (Fsp3) is 0.103. The number of halogens is 2. The van der Waals surface area contributed by atoms with Crippen LogP contribution in [0.15, 0.2) is 108 Å². The van der Waals surface area contributed by atoms with Crippen molar-refractivity contribution in [2.75, 3.05) is 10.2 Å². The highest BCUT2D eigenvalue weighted by atomic mass is 35.5. The summed E-state index contributed by atoms with van der Waals surface area (Å²) >= 11 is 13.6. The molecule has 1 atom stereocenters. The molecule has 0 fully saturated rings. The Balaban J connectivity index is 1.49. The number of carbonyl (C=O) groups is 2. The van der Waals surface area contributed by atoms with E-state index in [9.17, 15) is 9.59 Å². The topological polar surface area (TPSA) is 49.4 Å². The lowest BCUT2D eigenvalue weighted by atomic mass is 10.2. The number of benzene rings is 4. The lowest BCUT2D eigenvalue weighted by molar-refractivity contribution is -0.117. The zero-order valence-electron chi connectivity index (χ0n) is 19.5. The predicted molar refractivity (Wildman–Crippen MR) is 151 cm³/mol. The second-order valence-electron chi connectivity index (χ2n) is 7.96. The van der Waals surface area contributed by atoms with Crippen molar-refractivity contribution in [2.45, 2.75) is 23.5 Å². The molecule has 2 amide bonds.